The Balaban J connectivity index is 2.20. The Labute approximate surface area is 115 Å². The number of hydrogen-bond donors (Lipinski definition) is 0. The van der Waals surface area contributed by atoms with E-state index >= 15 is 0 Å². The minimum atomic E-state index is -4.29. The standard InChI is InChI=1S/C12H8F3NOS2/c1-7(17)10-6-16-11(18-10)8-2-4-9(5-3-8)19-12(13,14)15/h2-6H,1H3. The second-order valence-corrected chi connectivity index (χ2v) is 5.83. The zero-order chi connectivity index (χ0) is 14.0. The van der Waals surface area contributed by atoms with E-state index in [1.54, 1.807) is 12.1 Å². The number of Topliss-reactive ketones (excluding diaryl/α,β-unsaturated/α-hetero) is 1. The van der Waals surface area contributed by atoms with E-state index in [2.05, 4.69) is 4.98 Å². The predicted octanol–water partition coefficient (Wildman–Crippen LogP) is 4.62. The van der Waals surface area contributed by atoms with Gasteiger partial charge in [0.25, 0.3) is 0 Å². The van der Waals surface area contributed by atoms with Crippen molar-refractivity contribution in [1.82, 2.24) is 4.98 Å². The lowest BCUT2D eigenvalue weighted by Crippen LogP contribution is -1.98. The number of thiazole rings is 1. The molecule has 0 aliphatic rings. The topological polar surface area (TPSA) is 30.0 Å². The largest absolute Gasteiger partial charge is 0.446 e. The summed E-state index contributed by atoms with van der Waals surface area (Å²) in [5.41, 5.74) is -3.59. The van der Waals surface area contributed by atoms with Crippen LogP contribution in [0.1, 0.15) is 16.6 Å². The van der Waals surface area contributed by atoms with E-state index < -0.39 is 5.51 Å². The molecule has 2 rings (SSSR count). The van der Waals surface area contributed by atoms with Gasteiger partial charge in [0.2, 0.25) is 0 Å². The molecule has 100 valence electrons. The molecule has 0 aliphatic heterocycles. The van der Waals surface area contributed by atoms with Crippen molar-refractivity contribution in [2.45, 2.75) is 17.3 Å². The summed E-state index contributed by atoms with van der Waals surface area (Å²) in [5, 5.41) is 0.619. The number of carbonyl (C=O) groups excluding carboxylic acids is 1. The highest BCUT2D eigenvalue weighted by molar-refractivity contribution is 8.00. The number of benzene rings is 1. The van der Waals surface area contributed by atoms with Crippen molar-refractivity contribution in [3.05, 3.63) is 35.3 Å². The summed E-state index contributed by atoms with van der Waals surface area (Å²) in [6, 6.07) is 5.91. The third-order valence-electron chi connectivity index (χ3n) is 2.19. The summed E-state index contributed by atoms with van der Waals surface area (Å²) < 4.78 is 36.5. The fourth-order valence-electron chi connectivity index (χ4n) is 1.37. The van der Waals surface area contributed by atoms with Gasteiger partial charge in [-0.15, -0.1) is 11.3 Å². The first kappa shape index (κ1) is 14.1. The van der Waals surface area contributed by atoms with Crippen molar-refractivity contribution in [3.8, 4) is 10.6 Å². The first-order valence-electron chi connectivity index (χ1n) is 5.18. The highest BCUT2D eigenvalue weighted by Crippen LogP contribution is 2.37. The van der Waals surface area contributed by atoms with Gasteiger partial charge in [0.1, 0.15) is 5.01 Å². The summed E-state index contributed by atoms with van der Waals surface area (Å²) in [6.07, 6.45) is 1.47. The van der Waals surface area contributed by atoms with E-state index in [1.165, 1.54) is 36.6 Å². The maximum Gasteiger partial charge on any atom is 0.446 e. The Morgan fingerprint density at radius 3 is 2.37 bits per heavy atom. The van der Waals surface area contributed by atoms with E-state index in [-0.39, 0.29) is 22.4 Å². The van der Waals surface area contributed by atoms with Crippen LogP contribution in [0.3, 0.4) is 0 Å². The molecule has 0 saturated heterocycles. The van der Waals surface area contributed by atoms with Crippen LogP contribution in [0, 0.1) is 0 Å². The van der Waals surface area contributed by atoms with Gasteiger partial charge in [0, 0.05) is 23.6 Å². The summed E-state index contributed by atoms with van der Waals surface area (Å²) >= 11 is 1.07. The Morgan fingerprint density at radius 2 is 1.89 bits per heavy atom. The van der Waals surface area contributed by atoms with Gasteiger partial charge in [-0.2, -0.15) is 13.2 Å². The first-order chi connectivity index (χ1) is 8.85. The number of carbonyl (C=O) groups is 1. The molecule has 0 N–H and O–H groups in total. The summed E-state index contributed by atoms with van der Waals surface area (Å²) in [6.45, 7) is 1.44. The molecule has 0 amide bonds. The van der Waals surface area contributed by atoms with Crippen molar-refractivity contribution in [3.63, 3.8) is 0 Å². The van der Waals surface area contributed by atoms with E-state index in [0.29, 0.717) is 15.4 Å². The average Bonchev–Trinajstić information content (AvgIpc) is 2.77. The second-order valence-electron chi connectivity index (χ2n) is 3.66. The first-order valence-corrected chi connectivity index (χ1v) is 6.81. The number of hydrogen-bond acceptors (Lipinski definition) is 4. The van der Waals surface area contributed by atoms with Gasteiger partial charge < -0.3 is 0 Å². The van der Waals surface area contributed by atoms with Crippen LogP contribution in [-0.2, 0) is 0 Å². The Morgan fingerprint density at radius 1 is 1.26 bits per heavy atom. The molecule has 7 heteroatoms. The van der Waals surface area contributed by atoms with Crippen LogP contribution in [0.2, 0.25) is 0 Å². The molecule has 19 heavy (non-hydrogen) atoms. The quantitative estimate of drug-likeness (QED) is 0.612. The molecule has 0 spiro atoms. The molecular weight excluding hydrogens is 295 g/mol. The average molecular weight is 303 g/mol. The number of rotatable bonds is 3. The van der Waals surface area contributed by atoms with E-state index in [0.717, 1.165) is 0 Å². The Kier molecular flexibility index (Phi) is 3.96. The maximum absolute atomic E-state index is 12.2. The second kappa shape index (κ2) is 5.34. The highest BCUT2D eigenvalue weighted by atomic mass is 32.2. The lowest BCUT2D eigenvalue weighted by molar-refractivity contribution is -0.0328. The minimum Gasteiger partial charge on any atom is -0.294 e. The van der Waals surface area contributed by atoms with Gasteiger partial charge >= 0.3 is 5.51 Å². The molecule has 0 fully saturated rings. The third kappa shape index (κ3) is 3.81. The lowest BCUT2D eigenvalue weighted by atomic mass is 10.2. The summed E-state index contributed by atoms with van der Waals surface area (Å²) in [7, 11) is 0. The normalized spacial score (nSPS) is 11.6. The number of aromatic nitrogens is 1. The van der Waals surface area contributed by atoms with Crippen molar-refractivity contribution < 1.29 is 18.0 Å². The van der Waals surface area contributed by atoms with Crippen LogP contribution in [0.4, 0.5) is 13.2 Å². The van der Waals surface area contributed by atoms with Gasteiger partial charge in [-0.05, 0) is 23.9 Å². The number of ketones is 1. The molecule has 0 unspecified atom stereocenters. The van der Waals surface area contributed by atoms with Crippen LogP contribution in [0.5, 0.6) is 0 Å². The molecule has 0 saturated carbocycles. The SMILES string of the molecule is CC(=O)c1cnc(-c2ccc(SC(F)(F)F)cc2)s1. The van der Waals surface area contributed by atoms with E-state index in [4.69, 9.17) is 0 Å². The number of alkyl halides is 3. The minimum absolute atomic E-state index is 0.0759. The number of thioether (sulfide) groups is 1. The zero-order valence-electron chi connectivity index (χ0n) is 9.69. The van der Waals surface area contributed by atoms with E-state index in [9.17, 15) is 18.0 Å². The maximum atomic E-state index is 12.2. The molecule has 1 heterocycles. The molecule has 0 atom stereocenters. The fraction of sp³-hybridized carbons (Fsp3) is 0.167. The summed E-state index contributed by atoms with van der Waals surface area (Å²) in [4.78, 5) is 15.9. The van der Waals surface area contributed by atoms with Crippen molar-refractivity contribution in [1.29, 1.82) is 0 Å². The Bertz CT molecular complexity index is 590. The van der Waals surface area contributed by atoms with Crippen LogP contribution in [0.15, 0.2) is 35.4 Å². The fourth-order valence-corrected chi connectivity index (χ4v) is 2.73. The van der Waals surface area contributed by atoms with E-state index in [1.807, 2.05) is 0 Å². The summed E-state index contributed by atoms with van der Waals surface area (Å²) in [5.74, 6) is -0.0759. The van der Waals surface area contributed by atoms with Crippen LogP contribution < -0.4 is 0 Å². The van der Waals surface area contributed by atoms with Crippen molar-refractivity contribution >= 4 is 28.9 Å². The molecule has 2 nitrogen and oxygen atoms in total. The van der Waals surface area contributed by atoms with Gasteiger partial charge in [0.05, 0.1) is 4.88 Å². The van der Waals surface area contributed by atoms with Crippen molar-refractivity contribution in [2.75, 3.05) is 0 Å². The van der Waals surface area contributed by atoms with Gasteiger partial charge in [-0.25, -0.2) is 4.98 Å². The smallest absolute Gasteiger partial charge is 0.294 e. The van der Waals surface area contributed by atoms with Gasteiger partial charge in [-0.3, -0.25) is 4.79 Å². The number of halogens is 3. The molecule has 1 aromatic heterocycles. The van der Waals surface area contributed by atoms with Crippen molar-refractivity contribution in [2.24, 2.45) is 0 Å². The van der Waals surface area contributed by atoms with Gasteiger partial charge in [-0.1, -0.05) is 12.1 Å². The molecule has 1 aromatic carbocycles. The number of nitrogens with zero attached hydrogens (tertiary/aromatic N) is 1. The molecule has 0 aliphatic carbocycles. The van der Waals surface area contributed by atoms with Crippen LogP contribution in [0.25, 0.3) is 10.6 Å². The Hall–Kier alpha value is -1.34. The zero-order valence-corrected chi connectivity index (χ0v) is 11.3. The molecule has 0 bridgehead atoms. The van der Waals surface area contributed by atoms with Gasteiger partial charge in [0.15, 0.2) is 5.78 Å². The molecular formula is C12H8F3NOS2. The molecule has 2 aromatic rings. The lowest BCUT2D eigenvalue weighted by Gasteiger charge is -2.05. The highest BCUT2D eigenvalue weighted by Gasteiger charge is 2.29. The monoisotopic (exact) mass is 303 g/mol. The predicted molar refractivity (Wildman–Crippen MR) is 69.5 cm³/mol. The van der Waals surface area contributed by atoms with Crippen LogP contribution in [-0.4, -0.2) is 16.3 Å². The van der Waals surface area contributed by atoms with Crippen LogP contribution >= 0.6 is 23.1 Å². The third-order valence-corrected chi connectivity index (χ3v) is 4.07. The molecule has 0 radical (unpaired) electrons.